The van der Waals surface area contributed by atoms with E-state index in [0.29, 0.717) is 5.75 Å². The summed E-state index contributed by atoms with van der Waals surface area (Å²) in [6.07, 6.45) is 1.87. The number of halogens is 4. The predicted octanol–water partition coefficient (Wildman–Crippen LogP) is 5.35. The summed E-state index contributed by atoms with van der Waals surface area (Å²) in [5, 5.41) is 2.53. The van der Waals surface area contributed by atoms with Crippen LogP contribution in [0.2, 0.25) is 0 Å². The Morgan fingerprint density at radius 2 is 1.71 bits per heavy atom. The van der Waals surface area contributed by atoms with Crippen molar-refractivity contribution in [2.45, 2.75) is 10.0 Å². The van der Waals surface area contributed by atoms with E-state index in [1.807, 2.05) is 30.3 Å². The Labute approximate surface area is 163 Å². The molecule has 0 saturated carbocycles. The van der Waals surface area contributed by atoms with Gasteiger partial charge in [-0.15, -0.1) is 0 Å². The molecule has 0 aliphatic carbocycles. The summed E-state index contributed by atoms with van der Waals surface area (Å²) in [6, 6.07) is 16.3. The second-order valence-corrected chi connectivity index (χ2v) is 8.03. The summed E-state index contributed by atoms with van der Waals surface area (Å²) >= 11 is 21.0. The Morgan fingerprint density at radius 3 is 2.29 bits per heavy atom. The predicted molar refractivity (Wildman–Crippen MR) is 102 cm³/mol. The standard InChI is InChI=1S/C17H13BrCl3NO2/c18-13-7-9-14(10-8-13)24-16(17(19,20)21)22-15(23)11-6-12-4-2-1-3-5-12/h1-11,16H,(H,22,23)/b11-6+/t16-/m0/s1. The van der Waals surface area contributed by atoms with Crippen LogP contribution in [0.25, 0.3) is 6.08 Å². The minimum absolute atomic E-state index is 0.438. The van der Waals surface area contributed by atoms with Gasteiger partial charge in [0.25, 0.3) is 0 Å². The zero-order valence-corrected chi connectivity index (χ0v) is 16.1. The number of nitrogens with one attached hydrogen (secondary N) is 1. The van der Waals surface area contributed by atoms with E-state index in [2.05, 4.69) is 21.2 Å². The lowest BCUT2D eigenvalue weighted by Crippen LogP contribution is -2.47. The van der Waals surface area contributed by atoms with Crippen molar-refractivity contribution < 1.29 is 9.53 Å². The molecule has 0 bridgehead atoms. The van der Waals surface area contributed by atoms with Crippen molar-refractivity contribution in [3.8, 4) is 5.75 Å². The highest BCUT2D eigenvalue weighted by atomic mass is 79.9. The fourth-order valence-corrected chi connectivity index (χ4v) is 2.30. The first kappa shape index (κ1) is 19.1. The van der Waals surface area contributed by atoms with E-state index >= 15 is 0 Å². The Kier molecular flexibility index (Phi) is 6.99. The lowest BCUT2D eigenvalue weighted by molar-refractivity contribution is -0.118. The molecule has 0 aliphatic rings. The second kappa shape index (κ2) is 8.77. The van der Waals surface area contributed by atoms with Gasteiger partial charge in [-0.05, 0) is 35.9 Å². The van der Waals surface area contributed by atoms with Crippen LogP contribution in [0, 0.1) is 0 Å². The number of ether oxygens (including phenoxy) is 1. The van der Waals surface area contributed by atoms with Gasteiger partial charge in [0.15, 0.2) is 0 Å². The summed E-state index contributed by atoms with van der Waals surface area (Å²) in [5.74, 6) is 0.0224. The lowest BCUT2D eigenvalue weighted by atomic mass is 10.2. The van der Waals surface area contributed by atoms with Crippen LogP contribution in [-0.4, -0.2) is 15.9 Å². The van der Waals surface area contributed by atoms with E-state index in [1.165, 1.54) is 6.08 Å². The molecule has 0 saturated heterocycles. The van der Waals surface area contributed by atoms with Gasteiger partial charge in [0, 0.05) is 10.5 Å². The zero-order chi connectivity index (χ0) is 17.6. The van der Waals surface area contributed by atoms with Gasteiger partial charge in [-0.1, -0.05) is 81.1 Å². The number of rotatable bonds is 5. The number of carbonyl (C=O) groups is 1. The molecule has 0 aromatic heterocycles. The van der Waals surface area contributed by atoms with Gasteiger partial charge in [-0.3, -0.25) is 4.79 Å². The third-order valence-corrected chi connectivity index (χ3v) is 3.99. The maximum absolute atomic E-state index is 12.1. The van der Waals surface area contributed by atoms with Crippen molar-refractivity contribution in [3.05, 3.63) is 70.7 Å². The molecule has 1 N–H and O–H groups in total. The Morgan fingerprint density at radius 1 is 1.08 bits per heavy atom. The topological polar surface area (TPSA) is 38.3 Å². The van der Waals surface area contributed by atoms with Crippen LogP contribution in [0.5, 0.6) is 5.75 Å². The van der Waals surface area contributed by atoms with Crippen molar-refractivity contribution >= 4 is 62.7 Å². The highest BCUT2D eigenvalue weighted by Crippen LogP contribution is 2.32. The van der Waals surface area contributed by atoms with Gasteiger partial charge in [-0.2, -0.15) is 0 Å². The molecule has 2 rings (SSSR count). The normalized spacial score (nSPS) is 12.8. The summed E-state index contributed by atoms with van der Waals surface area (Å²) in [5.41, 5.74) is 0.881. The number of amides is 1. The molecule has 126 valence electrons. The van der Waals surface area contributed by atoms with Crippen molar-refractivity contribution in [3.63, 3.8) is 0 Å². The van der Waals surface area contributed by atoms with Crippen LogP contribution < -0.4 is 10.1 Å². The van der Waals surface area contributed by atoms with Crippen molar-refractivity contribution in [2.75, 3.05) is 0 Å². The fourth-order valence-electron chi connectivity index (χ4n) is 1.74. The molecule has 0 heterocycles. The van der Waals surface area contributed by atoms with E-state index in [9.17, 15) is 4.79 Å². The van der Waals surface area contributed by atoms with Gasteiger partial charge in [0.1, 0.15) is 5.75 Å². The molecule has 2 aromatic rings. The van der Waals surface area contributed by atoms with Crippen LogP contribution in [-0.2, 0) is 4.79 Å². The van der Waals surface area contributed by atoms with E-state index in [4.69, 9.17) is 39.5 Å². The van der Waals surface area contributed by atoms with Crippen LogP contribution >= 0.6 is 50.7 Å². The maximum atomic E-state index is 12.1. The largest absolute Gasteiger partial charge is 0.466 e. The number of hydrogen-bond acceptors (Lipinski definition) is 2. The Hall–Kier alpha value is -1.20. The molecular weight excluding hydrogens is 436 g/mol. The highest BCUT2D eigenvalue weighted by Gasteiger charge is 2.35. The first-order valence-electron chi connectivity index (χ1n) is 6.87. The van der Waals surface area contributed by atoms with E-state index in [0.717, 1.165) is 10.0 Å². The summed E-state index contributed by atoms with van der Waals surface area (Å²) < 4.78 is 4.63. The number of hydrogen-bond donors (Lipinski definition) is 1. The summed E-state index contributed by atoms with van der Waals surface area (Å²) in [4.78, 5) is 12.1. The molecule has 2 aromatic carbocycles. The second-order valence-electron chi connectivity index (χ2n) is 4.75. The smallest absolute Gasteiger partial charge is 0.246 e. The fraction of sp³-hybridized carbons (Fsp3) is 0.118. The van der Waals surface area contributed by atoms with Crippen molar-refractivity contribution in [2.24, 2.45) is 0 Å². The number of benzene rings is 2. The van der Waals surface area contributed by atoms with E-state index in [-0.39, 0.29) is 0 Å². The van der Waals surface area contributed by atoms with Gasteiger partial charge >= 0.3 is 0 Å². The summed E-state index contributed by atoms with van der Waals surface area (Å²) in [7, 11) is 0. The van der Waals surface area contributed by atoms with Gasteiger partial charge in [0.2, 0.25) is 15.9 Å². The van der Waals surface area contributed by atoms with E-state index in [1.54, 1.807) is 30.3 Å². The van der Waals surface area contributed by atoms with Crippen LogP contribution in [0.3, 0.4) is 0 Å². The van der Waals surface area contributed by atoms with Crippen LogP contribution in [0.4, 0.5) is 0 Å². The monoisotopic (exact) mass is 447 g/mol. The van der Waals surface area contributed by atoms with Crippen molar-refractivity contribution in [1.29, 1.82) is 0 Å². The molecule has 3 nitrogen and oxygen atoms in total. The molecule has 1 atom stereocenters. The minimum Gasteiger partial charge on any atom is -0.466 e. The molecular formula is C17H13BrCl3NO2. The third-order valence-electron chi connectivity index (χ3n) is 2.86. The molecule has 0 radical (unpaired) electrons. The van der Waals surface area contributed by atoms with E-state index < -0.39 is 15.9 Å². The molecule has 0 aliphatic heterocycles. The SMILES string of the molecule is O=C(/C=C/c1ccccc1)N[C@@H](Oc1ccc(Br)cc1)C(Cl)(Cl)Cl. The van der Waals surface area contributed by atoms with Gasteiger partial charge in [-0.25, -0.2) is 0 Å². The zero-order valence-electron chi connectivity index (χ0n) is 12.3. The number of carbonyl (C=O) groups excluding carboxylic acids is 1. The summed E-state index contributed by atoms with van der Waals surface area (Å²) in [6.45, 7) is 0. The third kappa shape index (κ3) is 6.36. The molecule has 0 spiro atoms. The quantitative estimate of drug-likeness (QED) is 0.379. The molecule has 0 fully saturated rings. The lowest BCUT2D eigenvalue weighted by Gasteiger charge is -2.25. The average Bonchev–Trinajstić information content (AvgIpc) is 2.54. The Balaban J connectivity index is 2.04. The van der Waals surface area contributed by atoms with Crippen LogP contribution in [0.1, 0.15) is 5.56 Å². The Bertz CT molecular complexity index is 700. The van der Waals surface area contributed by atoms with Gasteiger partial charge in [0.05, 0.1) is 0 Å². The molecule has 1 amide bonds. The first-order valence-corrected chi connectivity index (χ1v) is 8.80. The molecule has 0 unspecified atom stereocenters. The highest BCUT2D eigenvalue weighted by molar-refractivity contribution is 9.10. The van der Waals surface area contributed by atoms with Crippen LogP contribution in [0.15, 0.2) is 65.1 Å². The maximum Gasteiger partial charge on any atom is 0.246 e. The number of alkyl halides is 3. The first-order chi connectivity index (χ1) is 11.3. The van der Waals surface area contributed by atoms with Crippen molar-refractivity contribution in [1.82, 2.24) is 5.32 Å². The molecule has 24 heavy (non-hydrogen) atoms. The van der Waals surface area contributed by atoms with Gasteiger partial charge < -0.3 is 10.1 Å². The minimum atomic E-state index is -1.83. The molecule has 7 heteroatoms. The average molecular weight is 450 g/mol.